The highest BCUT2D eigenvalue weighted by atomic mass is 15.2. The molecule has 0 aromatic rings. The summed E-state index contributed by atoms with van der Waals surface area (Å²) in [5.74, 6) is 0. The summed E-state index contributed by atoms with van der Waals surface area (Å²) in [6, 6.07) is 0.733. The van der Waals surface area contributed by atoms with Gasteiger partial charge in [0, 0.05) is 17.1 Å². The predicted molar refractivity (Wildman–Crippen MR) is 90.3 cm³/mol. The van der Waals surface area contributed by atoms with Gasteiger partial charge in [0.2, 0.25) is 0 Å². The first-order valence-corrected chi connectivity index (χ1v) is 8.75. The maximum atomic E-state index is 3.78. The molecule has 1 N–H and O–H groups in total. The molecule has 2 nitrogen and oxygen atoms in total. The Morgan fingerprint density at radius 2 is 1.40 bits per heavy atom. The number of hydrogen-bond acceptors (Lipinski definition) is 2. The van der Waals surface area contributed by atoms with Crippen molar-refractivity contribution in [2.75, 3.05) is 13.6 Å². The molecule has 1 heterocycles. The molecule has 120 valence electrons. The van der Waals surface area contributed by atoms with Crippen LogP contribution in [0.15, 0.2) is 0 Å². The van der Waals surface area contributed by atoms with Gasteiger partial charge in [-0.25, -0.2) is 0 Å². The molecule has 1 rings (SSSR count). The molecule has 0 amide bonds. The summed E-state index contributed by atoms with van der Waals surface area (Å²) >= 11 is 0. The highest BCUT2D eigenvalue weighted by Crippen LogP contribution is 2.31. The zero-order valence-corrected chi connectivity index (χ0v) is 14.9. The zero-order chi connectivity index (χ0) is 15.2. The van der Waals surface area contributed by atoms with E-state index in [0.717, 1.165) is 6.04 Å². The van der Waals surface area contributed by atoms with E-state index in [-0.39, 0.29) is 11.1 Å². The van der Waals surface area contributed by atoms with E-state index in [2.05, 4.69) is 51.9 Å². The fourth-order valence-corrected chi connectivity index (χ4v) is 3.90. The second-order valence-electron chi connectivity index (χ2n) is 8.20. The maximum Gasteiger partial charge on any atom is 0.0145 e. The Hall–Kier alpha value is -0.0800. The second kappa shape index (κ2) is 7.79. The summed E-state index contributed by atoms with van der Waals surface area (Å²) in [5, 5.41) is 3.78. The van der Waals surface area contributed by atoms with Crippen LogP contribution in [0, 0.1) is 0 Å². The van der Waals surface area contributed by atoms with Crippen LogP contribution in [-0.2, 0) is 0 Å². The summed E-state index contributed by atoms with van der Waals surface area (Å²) in [6.07, 6.45) is 10.9. The SMILES string of the molecule is CCCCCCCCN(C)C1CC(C)(C)NC(C)(C)C1. The lowest BCUT2D eigenvalue weighted by molar-refractivity contribution is 0.0806. The topological polar surface area (TPSA) is 15.3 Å². The Balaban J connectivity index is 2.30. The Bertz CT molecular complexity index is 255. The summed E-state index contributed by atoms with van der Waals surface area (Å²) in [5.41, 5.74) is 0.531. The lowest BCUT2D eigenvalue weighted by Crippen LogP contribution is -2.61. The van der Waals surface area contributed by atoms with Gasteiger partial charge in [0.1, 0.15) is 0 Å². The van der Waals surface area contributed by atoms with Gasteiger partial charge in [0.25, 0.3) is 0 Å². The Morgan fingerprint density at radius 3 is 1.95 bits per heavy atom. The lowest BCUT2D eigenvalue weighted by atomic mass is 9.79. The number of rotatable bonds is 8. The van der Waals surface area contributed by atoms with Crippen molar-refractivity contribution in [3.8, 4) is 0 Å². The molecule has 0 aromatic carbocycles. The molecule has 0 spiro atoms. The van der Waals surface area contributed by atoms with E-state index >= 15 is 0 Å². The third kappa shape index (κ3) is 6.58. The predicted octanol–water partition coefficient (Wildman–Crippen LogP) is 4.59. The number of nitrogens with one attached hydrogen (secondary N) is 1. The van der Waals surface area contributed by atoms with Crippen LogP contribution >= 0.6 is 0 Å². The molecule has 20 heavy (non-hydrogen) atoms. The standard InChI is InChI=1S/C18H38N2/c1-7-8-9-10-11-12-13-20(6)16-14-17(2,3)19-18(4,5)15-16/h16,19H,7-15H2,1-6H3. The summed E-state index contributed by atoms with van der Waals surface area (Å²) in [7, 11) is 2.33. The van der Waals surface area contributed by atoms with Crippen LogP contribution in [-0.4, -0.2) is 35.6 Å². The van der Waals surface area contributed by atoms with Crippen LogP contribution in [0.25, 0.3) is 0 Å². The van der Waals surface area contributed by atoms with E-state index < -0.39 is 0 Å². The largest absolute Gasteiger partial charge is 0.307 e. The van der Waals surface area contributed by atoms with Crippen molar-refractivity contribution in [3.05, 3.63) is 0 Å². The fraction of sp³-hybridized carbons (Fsp3) is 1.00. The normalized spacial score (nSPS) is 22.4. The van der Waals surface area contributed by atoms with Gasteiger partial charge in [-0.2, -0.15) is 0 Å². The third-order valence-electron chi connectivity index (χ3n) is 4.66. The summed E-state index contributed by atoms with van der Waals surface area (Å²) in [6.45, 7) is 12.9. The average Bonchev–Trinajstić information content (AvgIpc) is 2.29. The van der Waals surface area contributed by atoms with E-state index in [4.69, 9.17) is 0 Å². The van der Waals surface area contributed by atoms with Crippen LogP contribution in [0.1, 0.15) is 86.0 Å². The van der Waals surface area contributed by atoms with Crippen LogP contribution in [0.2, 0.25) is 0 Å². The second-order valence-corrected chi connectivity index (χ2v) is 8.20. The van der Waals surface area contributed by atoms with Crippen molar-refractivity contribution < 1.29 is 0 Å². The van der Waals surface area contributed by atoms with Crippen LogP contribution in [0.3, 0.4) is 0 Å². The first-order chi connectivity index (χ1) is 9.26. The molecule has 1 aliphatic heterocycles. The highest BCUT2D eigenvalue weighted by molar-refractivity contribution is 4.99. The monoisotopic (exact) mass is 282 g/mol. The molecule has 0 atom stereocenters. The van der Waals surface area contributed by atoms with Gasteiger partial charge in [0.15, 0.2) is 0 Å². The molecule has 0 unspecified atom stereocenters. The molecule has 1 fully saturated rings. The molecule has 1 aliphatic rings. The third-order valence-corrected chi connectivity index (χ3v) is 4.66. The van der Waals surface area contributed by atoms with Crippen LogP contribution in [0.5, 0.6) is 0 Å². The van der Waals surface area contributed by atoms with Crippen molar-refractivity contribution in [3.63, 3.8) is 0 Å². The molecule has 0 radical (unpaired) electrons. The van der Waals surface area contributed by atoms with Crippen molar-refractivity contribution in [2.45, 2.75) is 103 Å². The fourth-order valence-electron chi connectivity index (χ4n) is 3.90. The quantitative estimate of drug-likeness (QED) is 0.655. The number of unbranched alkanes of at least 4 members (excludes halogenated alkanes) is 5. The van der Waals surface area contributed by atoms with E-state index in [0.29, 0.717) is 0 Å². The number of piperidine rings is 1. The number of nitrogens with zero attached hydrogens (tertiary/aromatic N) is 1. The van der Waals surface area contributed by atoms with Gasteiger partial charge in [-0.05, 0) is 60.5 Å². The van der Waals surface area contributed by atoms with Crippen molar-refractivity contribution in [1.29, 1.82) is 0 Å². The van der Waals surface area contributed by atoms with Gasteiger partial charge in [0.05, 0.1) is 0 Å². The van der Waals surface area contributed by atoms with Crippen molar-refractivity contribution in [2.24, 2.45) is 0 Å². The average molecular weight is 283 g/mol. The first-order valence-electron chi connectivity index (χ1n) is 8.75. The summed E-state index contributed by atoms with van der Waals surface area (Å²) in [4.78, 5) is 2.62. The van der Waals surface area contributed by atoms with E-state index in [1.165, 1.54) is 57.9 Å². The summed E-state index contributed by atoms with van der Waals surface area (Å²) < 4.78 is 0. The van der Waals surface area contributed by atoms with Gasteiger partial charge in [-0.1, -0.05) is 39.0 Å². The van der Waals surface area contributed by atoms with Crippen molar-refractivity contribution in [1.82, 2.24) is 10.2 Å². The van der Waals surface area contributed by atoms with Crippen LogP contribution < -0.4 is 5.32 Å². The molecular weight excluding hydrogens is 244 g/mol. The highest BCUT2D eigenvalue weighted by Gasteiger charge is 2.38. The molecule has 0 aromatic heterocycles. The molecule has 2 heteroatoms. The lowest BCUT2D eigenvalue weighted by Gasteiger charge is -2.49. The van der Waals surface area contributed by atoms with Gasteiger partial charge >= 0.3 is 0 Å². The van der Waals surface area contributed by atoms with Gasteiger partial charge in [-0.3, -0.25) is 0 Å². The molecule has 0 aliphatic carbocycles. The maximum absolute atomic E-state index is 3.78. The Kier molecular flexibility index (Phi) is 7.00. The molecule has 0 saturated carbocycles. The zero-order valence-electron chi connectivity index (χ0n) is 14.9. The molecule has 0 bridgehead atoms. The minimum Gasteiger partial charge on any atom is -0.307 e. The van der Waals surface area contributed by atoms with E-state index in [1.807, 2.05) is 0 Å². The molecular formula is C18H38N2. The van der Waals surface area contributed by atoms with Gasteiger partial charge in [-0.15, -0.1) is 0 Å². The van der Waals surface area contributed by atoms with E-state index in [9.17, 15) is 0 Å². The minimum atomic E-state index is 0.266. The number of hydrogen-bond donors (Lipinski definition) is 1. The first kappa shape index (κ1) is 18.0. The van der Waals surface area contributed by atoms with Gasteiger partial charge < -0.3 is 10.2 Å². The Labute approximate surface area is 127 Å². The van der Waals surface area contributed by atoms with Crippen LogP contribution in [0.4, 0.5) is 0 Å². The van der Waals surface area contributed by atoms with Crippen molar-refractivity contribution >= 4 is 0 Å². The molecule has 1 saturated heterocycles. The smallest absolute Gasteiger partial charge is 0.0145 e. The Morgan fingerprint density at radius 1 is 0.900 bits per heavy atom. The van der Waals surface area contributed by atoms with E-state index in [1.54, 1.807) is 0 Å². The minimum absolute atomic E-state index is 0.266.